The molecule has 0 saturated heterocycles. The highest BCUT2D eigenvalue weighted by atomic mass is 16.5. The summed E-state index contributed by atoms with van der Waals surface area (Å²) in [5, 5.41) is 11.9. The quantitative estimate of drug-likeness (QED) is 0.359. The molecule has 2 aromatic rings. The number of rotatable bonds is 10. The van der Waals surface area contributed by atoms with Gasteiger partial charge in [0.25, 0.3) is 0 Å². The van der Waals surface area contributed by atoms with Gasteiger partial charge in [0.05, 0.1) is 17.9 Å². The minimum atomic E-state index is -0.560. The van der Waals surface area contributed by atoms with Gasteiger partial charge in [0.1, 0.15) is 5.82 Å². The number of carbonyl (C=O) groups is 2. The van der Waals surface area contributed by atoms with Crippen LogP contribution in [0.5, 0.6) is 0 Å². The molecule has 2 amide bonds. The van der Waals surface area contributed by atoms with Gasteiger partial charge >= 0.3 is 0 Å². The molecule has 0 unspecified atom stereocenters. The van der Waals surface area contributed by atoms with Gasteiger partial charge in [-0.1, -0.05) is 58.0 Å². The van der Waals surface area contributed by atoms with Gasteiger partial charge in [-0.2, -0.15) is 0 Å². The molecule has 0 spiro atoms. The van der Waals surface area contributed by atoms with E-state index < -0.39 is 11.8 Å². The normalized spacial score (nSPS) is 13.3. The second kappa shape index (κ2) is 10.8. The SMILES string of the molecule is CC(C)C[C@@H](CC(=O)NO)C(=O)N[C@@H](CC(C)C)c1ncc(-c2ccccc2)[nH]1. The number of nitrogens with zero attached hydrogens (tertiary/aromatic N) is 1. The number of aromatic amines is 1. The second-order valence-corrected chi connectivity index (χ2v) is 8.30. The highest BCUT2D eigenvalue weighted by Gasteiger charge is 2.27. The number of hydrogen-bond acceptors (Lipinski definition) is 4. The van der Waals surface area contributed by atoms with E-state index in [0.29, 0.717) is 24.6 Å². The van der Waals surface area contributed by atoms with E-state index in [0.717, 1.165) is 11.3 Å². The van der Waals surface area contributed by atoms with Crippen LogP contribution in [0.2, 0.25) is 0 Å². The zero-order valence-electron chi connectivity index (χ0n) is 17.6. The van der Waals surface area contributed by atoms with Crippen molar-refractivity contribution >= 4 is 11.8 Å². The van der Waals surface area contributed by atoms with Crippen LogP contribution in [0.4, 0.5) is 0 Å². The van der Waals surface area contributed by atoms with E-state index in [1.54, 1.807) is 11.7 Å². The molecule has 0 radical (unpaired) electrons. The summed E-state index contributed by atoms with van der Waals surface area (Å²) in [4.78, 5) is 32.4. The highest BCUT2D eigenvalue weighted by Crippen LogP contribution is 2.24. The molecule has 1 aromatic carbocycles. The van der Waals surface area contributed by atoms with E-state index in [9.17, 15) is 9.59 Å². The average Bonchev–Trinajstić information content (AvgIpc) is 3.17. The Bertz CT molecular complexity index is 786. The lowest BCUT2D eigenvalue weighted by Gasteiger charge is -2.23. The van der Waals surface area contributed by atoms with Crippen molar-refractivity contribution in [2.75, 3.05) is 0 Å². The van der Waals surface area contributed by atoms with Crippen molar-refractivity contribution in [2.24, 2.45) is 17.8 Å². The monoisotopic (exact) mass is 400 g/mol. The fraction of sp³-hybridized carbons (Fsp3) is 0.500. The summed E-state index contributed by atoms with van der Waals surface area (Å²) in [5.74, 6) is 0.00585. The first kappa shape index (κ1) is 22.6. The Morgan fingerprint density at radius 2 is 1.72 bits per heavy atom. The molecule has 158 valence electrons. The number of hydrogen-bond donors (Lipinski definition) is 4. The van der Waals surface area contributed by atoms with Gasteiger partial charge < -0.3 is 10.3 Å². The standard InChI is InChI=1S/C22H32N4O3/c1-14(2)10-17(12-20(27)26-29)22(28)25-18(11-15(3)4)21-23-13-19(24-21)16-8-6-5-7-9-16/h5-9,13-15,17-18,29H,10-12H2,1-4H3,(H,23,24)(H,25,28)(H,26,27)/t17-,18-/m0/s1. The molecule has 0 aliphatic rings. The van der Waals surface area contributed by atoms with E-state index in [2.05, 4.69) is 29.1 Å². The molecule has 0 bridgehead atoms. The molecule has 4 N–H and O–H groups in total. The van der Waals surface area contributed by atoms with Gasteiger partial charge in [0.2, 0.25) is 11.8 Å². The first-order valence-corrected chi connectivity index (χ1v) is 10.1. The van der Waals surface area contributed by atoms with Crippen LogP contribution < -0.4 is 10.8 Å². The van der Waals surface area contributed by atoms with E-state index in [1.807, 2.05) is 44.2 Å². The average molecular weight is 401 g/mol. The number of H-pyrrole nitrogens is 1. The van der Waals surface area contributed by atoms with Gasteiger partial charge in [0, 0.05) is 12.3 Å². The smallest absolute Gasteiger partial charge is 0.244 e. The van der Waals surface area contributed by atoms with Gasteiger partial charge in [-0.25, -0.2) is 10.5 Å². The Labute approximate surface area is 172 Å². The molecule has 0 saturated carbocycles. The van der Waals surface area contributed by atoms with Crippen molar-refractivity contribution < 1.29 is 14.8 Å². The molecular weight excluding hydrogens is 368 g/mol. The third kappa shape index (κ3) is 7.02. The maximum absolute atomic E-state index is 13.0. The van der Waals surface area contributed by atoms with Crippen LogP contribution >= 0.6 is 0 Å². The first-order valence-electron chi connectivity index (χ1n) is 10.1. The minimum absolute atomic E-state index is 0.0532. The first-order chi connectivity index (χ1) is 13.8. The topological polar surface area (TPSA) is 107 Å². The number of carbonyl (C=O) groups excluding carboxylic acids is 2. The molecular formula is C22H32N4O3. The van der Waals surface area contributed by atoms with Gasteiger partial charge in [-0.15, -0.1) is 0 Å². The highest BCUT2D eigenvalue weighted by molar-refractivity contribution is 5.85. The second-order valence-electron chi connectivity index (χ2n) is 8.30. The Morgan fingerprint density at radius 1 is 1.07 bits per heavy atom. The van der Waals surface area contributed by atoms with Crippen molar-refractivity contribution in [3.05, 3.63) is 42.4 Å². The maximum atomic E-state index is 13.0. The summed E-state index contributed by atoms with van der Waals surface area (Å²) < 4.78 is 0. The Morgan fingerprint density at radius 3 is 2.31 bits per heavy atom. The molecule has 0 fully saturated rings. The number of nitrogens with one attached hydrogen (secondary N) is 3. The van der Waals surface area contributed by atoms with E-state index >= 15 is 0 Å². The van der Waals surface area contributed by atoms with Crippen LogP contribution in [-0.4, -0.2) is 27.0 Å². The van der Waals surface area contributed by atoms with Gasteiger partial charge in [0.15, 0.2) is 0 Å². The molecule has 0 aliphatic carbocycles. The summed E-state index contributed by atoms with van der Waals surface area (Å²) in [7, 11) is 0. The third-order valence-electron chi connectivity index (χ3n) is 4.72. The number of aromatic nitrogens is 2. The van der Waals surface area contributed by atoms with Crippen molar-refractivity contribution in [1.29, 1.82) is 0 Å². The molecule has 0 aliphatic heterocycles. The lowest BCUT2D eigenvalue weighted by molar-refractivity contribution is -0.135. The third-order valence-corrected chi connectivity index (χ3v) is 4.72. The molecule has 1 aromatic heterocycles. The predicted octanol–water partition coefficient (Wildman–Crippen LogP) is 3.84. The largest absolute Gasteiger partial charge is 0.346 e. The zero-order chi connectivity index (χ0) is 21.4. The van der Waals surface area contributed by atoms with Crippen molar-refractivity contribution in [3.8, 4) is 11.3 Å². The minimum Gasteiger partial charge on any atom is -0.346 e. The zero-order valence-corrected chi connectivity index (χ0v) is 17.6. The van der Waals surface area contributed by atoms with Crippen LogP contribution in [0.3, 0.4) is 0 Å². The summed E-state index contributed by atoms with van der Waals surface area (Å²) in [6.45, 7) is 8.18. The Kier molecular flexibility index (Phi) is 8.39. The van der Waals surface area contributed by atoms with E-state index in [-0.39, 0.29) is 24.3 Å². The fourth-order valence-electron chi connectivity index (χ4n) is 3.40. The summed E-state index contributed by atoms with van der Waals surface area (Å²) >= 11 is 0. The lowest BCUT2D eigenvalue weighted by atomic mass is 9.92. The number of imidazole rings is 1. The maximum Gasteiger partial charge on any atom is 0.244 e. The van der Waals surface area contributed by atoms with E-state index in [1.165, 1.54) is 0 Å². The number of amides is 2. The van der Waals surface area contributed by atoms with Crippen molar-refractivity contribution in [2.45, 2.75) is 53.0 Å². The summed E-state index contributed by atoms with van der Waals surface area (Å²) in [5.41, 5.74) is 3.54. The lowest BCUT2D eigenvalue weighted by Crippen LogP contribution is -2.38. The van der Waals surface area contributed by atoms with Crippen LogP contribution in [0.25, 0.3) is 11.3 Å². The fourth-order valence-corrected chi connectivity index (χ4v) is 3.40. The number of hydroxylamine groups is 1. The van der Waals surface area contributed by atoms with Crippen LogP contribution in [0, 0.1) is 17.8 Å². The molecule has 29 heavy (non-hydrogen) atoms. The Balaban J connectivity index is 2.19. The van der Waals surface area contributed by atoms with E-state index in [4.69, 9.17) is 5.21 Å². The molecule has 2 rings (SSSR count). The van der Waals surface area contributed by atoms with Crippen LogP contribution in [0.1, 0.15) is 58.8 Å². The van der Waals surface area contributed by atoms with Gasteiger partial charge in [-0.05, 0) is 30.2 Å². The van der Waals surface area contributed by atoms with Crippen LogP contribution in [-0.2, 0) is 9.59 Å². The number of benzene rings is 1. The van der Waals surface area contributed by atoms with Crippen molar-refractivity contribution in [3.63, 3.8) is 0 Å². The summed E-state index contributed by atoms with van der Waals surface area (Å²) in [6.07, 6.45) is 2.99. The molecule has 2 atom stereocenters. The summed E-state index contributed by atoms with van der Waals surface area (Å²) in [6, 6.07) is 9.60. The van der Waals surface area contributed by atoms with Crippen molar-refractivity contribution in [1.82, 2.24) is 20.8 Å². The molecule has 7 heteroatoms. The molecule has 1 heterocycles. The van der Waals surface area contributed by atoms with Crippen LogP contribution in [0.15, 0.2) is 36.5 Å². The van der Waals surface area contributed by atoms with Gasteiger partial charge in [-0.3, -0.25) is 14.8 Å². The predicted molar refractivity (Wildman–Crippen MR) is 112 cm³/mol. The molecule has 7 nitrogen and oxygen atoms in total. The Hall–Kier alpha value is -2.67.